The van der Waals surface area contributed by atoms with Gasteiger partial charge >= 0.3 is 0 Å². The van der Waals surface area contributed by atoms with Gasteiger partial charge in [-0.2, -0.15) is 0 Å². The maximum Gasteiger partial charge on any atom is 0.275 e. The number of anilines is 1. The van der Waals surface area contributed by atoms with E-state index in [0.29, 0.717) is 5.13 Å². The summed E-state index contributed by atoms with van der Waals surface area (Å²) in [7, 11) is 0. The molecule has 2 aromatic heterocycles. The van der Waals surface area contributed by atoms with Crippen LogP contribution in [0.2, 0.25) is 0 Å². The van der Waals surface area contributed by atoms with Crippen LogP contribution in [0.5, 0.6) is 0 Å². The predicted molar refractivity (Wildman–Crippen MR) is 75.8 cm³/mol. The summed E-state index contributed by atoms with van der Waals surface area (Å²) in [5.41, 5.74) is 0.392. The highest BCUT2D eigenvalue weighted by Gasteiger charge is 2.12. The lowest BCUT2D eigenvalue weighted by atomic mass is 10.3. The number of nitrogens with one attached hydrogen (secondary N) is 1. The summed E-state index contributed by atoms with van der Waals surface area (Å²) in [5.74, 6) is -2.45. The van der Waals surface area contributed by atoms with Crippen LogP contribution in [0, 0.1) is 11.6 Å². The van der Waals surface area contributed by atoms with Crippen LogP contribution in [-0.4, -0.2) is 15.5 Å². The Morgan fingerprint density at radius 2 is 1.95 bits per heavy atom. The Hall–Kier alpha value is -2.54. The molecule has 0 unspecified atom stereocenters. The number of amides is 1. The summed E-state index contributed by atoms with van der Waals surface area (Å²) in [5, 5.41) is 4.72. The van der Waals surface area contributed by atoms with E-state index in [-0.39, 0.29) is 11.4 Å². The van der Waals surface area contributed by atoms with Gasteiger partial charge in [0.05, 0.1) is 0 Å². The van der Waals surface area contributed by atoms with Crippen LogP contribution in [0.1, 0.15) is 10.5 Å². The predicted octanol–water partition coefficient (Wildman–Crippen LogP) is 3.46. The van der Waals surface area contributed by atoms with E-state index in [1.807, 2.05) is 24.5 Å². The fourth-order valence-electron chi connectivity index (χ4n) is 1.72. The SMILES string of the molecule is O=C(Nc1ccc(F)c(F)c1)c1csc(-n2cccc2)n1. The quantitative estimate of drug-likeness (QED) is 0.805. The molecule has 0 spiro atoms. The minimum absolute atomic E-state index is 0.175. The van der Waals surface area contributed by atoms with Crippen molar-refractivity contribution in [3.05, 3.63) is 65.4 Å². The minimum Gasteiger partial charge on any atom is -0.321 e. The summed E-state index contributed by atoms with van der Waals surface area (Å²) in [6.45, 7) is 0. The Kier molecular flexibility index (Phi) is 3.49. The lowest BCUT2D eigenvalue weighted by Crippen LogP contribution is -2.12. The number of aromatic nitrogens is 2. The monoisotopic (exact) mass is 305 g/mol. The highest BCUT2D eigenvalue weighted by molar-refractivity contribution is 7.12. The standard InChI is InChI=1S/C14H9F2N3OS/c15-10-4-3-9(7-11(10)16)17-13(20)12-8-21-14(18-12)19-5-1-2-6-19/h1-8H,(H,17,20). The van der Waals surface area contributed by atoms with Crippen LogP contribution >= 0.6 is 11.3 Å². The van der Waals surface area contributed by atoms with Gasteiger partial charge in [0.15, 0.2) is 16.8 Å². The number of rotatable bonds is 3. The number of hydrogen-bond acceptors (Lipinski definition) is 3. The van der Waals surface area contributed by atoms with E-state index >= 15 is 0 Å². The van der Waals surface area contributed by atoms with Crippen LogP contribution in [-0.2, 0) is 0 Å². The molecule has 0 saturated carbocycles. The second kappa shape index (κ2) is 5.45. The number of halogens is 2. The summed E-state index contributed by atoms with van der Waals surface area (Å²) >= 11 is 1.31. The molecule has 4 nitrogen and oxygen atoms in total. The van der Waals surface area contributed by atoms with E-state index in [0.717, 1.165) is 12.1 Å². The van der Waals surface area contributed by atoms with Gasteiger partial charge in [-0.25, -0.2) is 13.8 Å². The molecular formula is C14H9F2N3OS. The molecule has 0 bridgehead atoms. The molecule has 2 heterocycles. The lowest BCUT2D eigenvalue weighted by molar-refractivity contribution is 0.102. The first kappa shape index (κ1) is 13.4. The molecular weight excluding hydrogens is 296 g/mol. The first-order chi connectivity index (χ1) is 10.1. The molecule has 21 heavy (non-hydrogen) atoms. The number of nitrogens with zero attached hydrogens (tertiary/aromatic N) is 2. The Bertz CT molecular complexity index is 783. The van der Waals surface area contributed by atoms with Crippen molar-refractivity contribution in [2.45, 2.75) is 0 Å². The third-order valence-electron chi connectivity index (χ3n) is 2.73. The van der Waals surface area contributed by atoms with Crippen molar-refractivity contribution in [1.82, 2.24) is 9.55 Å². The lowest BCUT2D eigenvalue weighted by Gasteiger charge is -2.03. The smallest absolute Gasteiger partial charge is 0.275 e. The topological polar surface area (TPSA) is 46.9 Å². The molecule has 0 aliphatic carbocycles. The molecule has 1 amide bonds. The third-order valence-corrected chi connectivity index (χ3v) is 3.58. The summed E-state index contributed by atoms with van der Waals surface area (Å²) < 4.78 is 27.7. The van der Waals surface area contributed by atoms with Crippen molar-refractivity contribution in [2.75, 3.05) is 5.32 Å². The van der Waals surface area contributed by atoms with Gasteiger partial charge in [0.2, 0.25) is 0 Å². The highest BCUT2D eigenvalue weighted by atomic mass is 32.1. The highest BCUT2D eigenvalue weighted by Crippen LogP contribution is 2.17. The summed E-state index contributed by atoms with van der Waals surface area (Å²) in [6.07, 6.45) is 3.63. The zero-order valence-corrected chi connectivity index (χ0v) is 11.4. The van der Waals surface area contributed by atoms with Crippen LogP contribution in [0.15, 0.2) is 48.1 Å². The van der Waals surface area contributed by atoms with Gasteiger partial charge in [-0.1, -0.05) is 0 Å². The molecule has 0 fully saturated rings. The molecule has 3 aromatic rings. The van der Waals surface area contributed by atoms with E-state index in [9.17, 15) is 13.6 Å². The van der Waals surface area contributed by atoms with Crippen molar-refractivity contribution in [3.8, 4) is 5.13 Å². The van der Waals surface area contributed by atoms with Crippen molar-refractivity contribution < 1.29 is 13.6 Å². The van der Waals surface area contributed by atoms with Crippen LogP contribution < -0.4 is 5.32 Å². The zero-order chi connectivity index (χ0) is 14.8. The normalized spacial score (nSPS) is 10.6. The second-order valence-electron chi connectivity index (χ2n) is 4.19. The number of carbonyl (C=O) groups excluding carboxylic acids is 1. The van der Waals surface area contributed by atoms with Gasteiger partial charge in [-0.3, -0.25) is 4.79 Å². The Labute approximate surface area is 122 Å². The maximum atomic E-state index is 13.1. The maximum absolute atomic E-state index is 13.1. The molecule has 1 N–H and O–H groups in total. The Morgan fingerprint density at radius 3 is 2.67 bits per heavy atom. The summed E-state index contributed by atoms with van der Waals surface area (Å²) in [6, 6.07) is 6.87. The fraction of sp³-hybridized carbons (Fsp3) is 0. The van der Waals surface area contributed by atoms with E-state index < -0.39 is 17.5 Å². The van der Waals surface area contributed by atoms with Gasteiger partial charge < -0.3 is 9.88 Å². The van der Waals surface area contributed by atoms with Gasteiger partial charge in [-0.15, -0.1) is 11.3 Å². The fourth-order valence-corrected chi connectivity index (χ4v) is 2.49. The van der Waals surface area contributed by atoms with Gasteiger partial charge in [-0.05, 0) is 24.3 Å². The number of carbonyl (C=O) groups is 1. The average Bonchev–Trinajstić information content (AvgIpc) is 3.12. The molecule has 106 valence electrons. The van der Waals surface area contributed by atoms with Crippen LogP contribution in [0.25, 0.3) is 5.13 Å². The minimum atomic E-state index is -1.01. The van der Waals surface area contributed by atoms with Crippen molar-refractivity contribution >= 4 is 22.9 Å². The molecule has 0 atom stereocenters. The van der Waals surface area contributed by atoms with Crippen molar-refractivity contribution in [3.63, 3.8) is 0 Å². The second-order valence-corrected chi connectivity index (χ2v) is 5.03. The molecule has 0 aliphatic rings. The van der Waals surface area contributed by atoms with Crippen LogP contribution in [0.4, 0.5) is 14.5 Å². The summed E-state index contributed by atoms with van der Waals surface area (Å²) in [4.78, 5) is 16.2. The van der Waals surface area contributed by atoms with E-state index in [4.69, 9.17) is 0 Å². The zero-order valence-electron chi connectivity index (χ0n) is 10.6. The number of benzene rings is 1. The Morgan fingerprint density at radius 1 is 1.19 bits per heavy atom. The van der Waals surface area contributed by atoms with E-state index in [2.05, 4.69) is 10.3 Å². The number of hydrogen-bond donors (Lipinski definition) is 1. The first-order valence-electron chi connectivity index (χ1n) is 5.99. The molecule has 7 heteroatoms. The van der Waals surface area contributed by atoms with Crippen molar-refractivity contribution in [1.29, 1.82) is 0 Å². The Balaban J connectivity index is 1.78. The third kappa shape index (κ3) is 2.82. The van der Waals surface area contributed by atoms with Crippen molar-refractivity contribution in [2.24, 2.45) is 0 Å². The molecule has 0 aliphatic heterocycles. The van der Waals surface area contributed by atoms with Gasteiger partial charge in [0.25, 0.3) is 5.91 Å². The van der Waals surface area contributed by atoms with Gasteiger partial charge in [0.1, 0.15) is 5.69 Å². The van der Waals surface area contributed by atoms with Gasteiger partial charge in [0, 0.05) is 29.5 Å². The van der Waals surface area contributed by atoms with E-state index in [1.54, 1.807) is 9.95 Å². The molecule has 3 rings (SSSR count). The molecule has 0 saturated heterocycles. The average molecular weight is 305 g/mol. The largest absolute Gasteiger partial charge is 0.321 e. The first-order valence-corrected chi connectivity index (χ1v) is 6.87. The number of thiazole rings is 1. The van der Waals surface area contributed by atoms with Crippen LogP contribution in [0.3, 0.4) is 0 Å². The molecule has 1 aromatic carbocycles. The molecule has 0 radical (unpaired) electrons. The van der Waals surface area contributed by atoms with E-state index in [1.165, 1.54) is 17.4 Å².